The molecule has 0 saturated heterocycles. The van der Waals surface area contributed by atoms with Crippen LogP contribution in [0.3, 0.4) is 0 Å². The van der Waals surface area contributed by atoms with E-state index in [0.29, 0.717) is 0 Å². The molecular formula is C10H9IN2. The third-order valence-corrected chi connectivity index (χ3v) is 2.29. The Labute approximate surface area is 90.9 Å². The Hall–Kier alpha value is -0.680. The highest BCUT2D eigenvalue weighted by Gasteiger charge is 1.95. The summed E-state index contributed by atoms with van der Waals surface area (Å²) in [5.74, 6) is 0. The Balaban J connectivity index is 2.49. The number of aromatic nitrogens is 1. The minimum Gasteiger partial charge on any atom is -0.255 e. The van der Waals surface area contributed by atoms with Gasteiger partial charge in [-0.1, -0.05) is 24.3 Å². The van der Waals surface area contributed by atoms with Gasteiger partial charge < -0.3 is 0 Å². The second-order valence-corrected chi connectivity index (χ2v) is 3.57. The summed E-state index contributed by atoms with van der Waals surface area (Å²) >= 11 is 2.12. The fourth-order valence-electron chi connectivity index (χ4n) is 1.28. The number of pyridine rings is 1. The van der Waals surface area contributed by atoms with Crippen molar-refractivity contribution in [3.05, 3.63) is 42.1 Å². The molecule has 0 spiro atoms. The van der Waals surface area contributed by atoms with Crippen molar-refractivity contribution in [2.75, 3.05) is 0 Å². The van der Waals surface area contributed by atoms with Crippen LogP contribution >= 0.6 is 22.9 Å². The van der Waals surface area contributed by atoms with Gasteiger partial charge >= 0.3 is 0 Å². The predicted octanol–water partition coefficient (Wildman–Crippen LogP) is 2.67. The maximum Gasteiger partial charge on any atom is 0.0705 e. The van der Waals surface area contributed by atoms with Crippen LogP contribution in [0.2, 0.25) is 0 Å². The van der Waals surface area contributed by atoms with E-state index in [-0.39, 0.29) is 0 Å². The zero-order chi connectivity index (χ0) is 9.10. The van der Waals surface area contributed by atoms with E-state index in [9.17, 15) is 0 Å². The smallest absolute Gasteiger partial charge is 0.0705 e. The van der Waals surface area contributed by atoms with Crippen molar-refractivity contribution in [1.29, 1.82) is 0 Å². The molecule has 0 aliphatic heterocycles. The highest BCUT2D eigenvalue weighted by Crippen LogP contribution is 2.11. The third-order valence-electron chi connectivity index (χ3n) is 1.90. The molecule has 3 heteroatoms. The minimum atomic E-state index is 0.811. The highest BCUT2D eigenvalue weighted by molar-refractivity contribution is 14.1. The zero-order valence-corrected chi connectivity index (χ0v) is 9.15. The zero-order valence-electron chi connectivity index (χ0n) is 7.00. The van der Waals surface area contributed by atoms with E-state index >= 15 is 0 Å². The Morgan fingerprint density at radius 2 is 2.00 bits per heavy atom. The summed E-state index contributed by atoms with van der Waals surface area (Å²) in [7, 11) is 0. The van der Waals surface area contributed by atoms with Gasteiger partial charge in [-0.05, 0) is 12.1 Å². The first-order valence-corrected chi connectivity index (χ1v) is 5.16. The molecule has 13 heavy (non-hydrogen) atoms. The number of nitrogens with one attached hydrogen (secondary N) is 1. The number of fused-ring (bicyclic) bond motifs is 1. The van der Waals surface area contributed by atoms with E-state index in [1.54, 1.807) is 0 Å². The monoisotopic (exact) mass is 284 g/mol. The standard InChI is InChI=1S/C10H9IN2/c11-12-7-9-6-5-8-3-1-2-4-10(8)13-9/h1-6,12H,7H2. The normalized spacial score (nSPS) is 10.5. The summed E-state index contributed by atoms with van der Waals surface area (Å²) < 4.78 is 3.06. The summed E-state index contributed by atoms with van der Waals surface area (Å²) in [4.78, 5) is 4.50. The van der Waals surface area contributed by atoms with Crippen LogP contribution in [0.1, 0.15) is 5.69 Å². The van der Waals surface area contributed by atoms with Crippen molar-refractivity contribution in [1.82, 2.24) is 8.51 Å². The highest BCUT2D eigenvalue weighted by atomic mass is 127. The Kier molecular flexibility index (Phi) is 2.75. The van der Waals surface area contributed by atoms with Crippen molar-refractivity contribution < 1.29 is 0 Å². The van der Waals surface area contributed by atoms with Crippen molar-refractivity contribution in [3.8, 4) is 0 Å². The van der Waals surface area contributed by atoms with Crippen LogP contribution < -0.4 is 3.53 Å². The molecule has 1 aromatic carbocycles. The van der Waals surface area contributed by atoms with Gasteiger partial charge in [0.05, 0.1) is 11.2 Å². The number of hydrogen-bond donors (Lipinski definition) is 1. The van der Waals surface area contributed by atoms with E-state index in [1.165, 1.54) is 5.39 Å². The van der Waals surface area contributed by atoms with Gasteiger partial charge in [0, 0.05) is 34.8 Å². The quantitative estimate of drug-likeness (QED) is 0.677. The van der Waals surface area contributed by atoms with Gasteiger partial charge in [-0.2, -0.15) is 0 Å². The maximum absolute atomic E-state index is 4.50. The van der Waals surface area contributed by atoms with Gasteiger partial charge in [0.1, 0.15) is 0 Å². The minimum absolute atomic E-state index is 0.811. The average molecular weight is 284 g/mol. The molecule has 2 nitrogen and oxygen atoms in total. The van der Waals surface area contributed by atoms with Crippen LogP contribution in [0.15, 0.2) is 36.4 Å². The van der Waals surface area contributed by atoms with E-state index < -0.39 is 0 Å². The molecule has 0 saturated carbocycles. The Morgan fingerprint density at radius 1 is 1.15 bits per heavy atom. The number of hydrogen-bond acceptors (Lipinski definition) is 2. The lowest BCUT2D eigenvalue weighted by Gasteiger charge is -2.00. The molecule has 1 N–H and O–H groups in total. The van der Waals surface area contributed by atoms with Gasteiger partial charge in [-0.3, -0.25) is 8.51 Å². The molecule has 0 fully saturated rings. The second-order valence-electron chi connectivity index (χ2n) is 2.81. The largest absolute Gasteiger partial charge is 0.255 e. The molecule has 1 heterocycles. The van der Waals surface area contributed by atoms with E-state index in [4.69, 9.17) is 0 Å². The first-order chi connectivity index (χ1) is 6.40. The average Bonchev–Trinajstić information content (AvgIpc) is 2.18. The number of nitrogens with zero attached hydrogens (tertiary/aromatic N) is 1. The van der Waals surface area contributed by atoms with Gasteiger partial charge in [-0.15, -0.1) is 0 Å². The SMILES string of the molecule is INCc1ccc2ccccc2n1. The molecule has 0 unspecified atom stereocenters. The lowest BCUT2D eigenvalue weighted by molar-refractivity contribution is 0.962. The second kappa shape index (κ2) is 4.02. The van der Waals surface area contributed by atoms with Gasteiger partial charge in [-0.25, -0.2) is 0 Å². The Bertz CT molecular complexity index is 414. The van der Waals surface area contributed by atoms with E-state index in [1.807, 2.05) is 24.3 Å². The van der Waals surface area contributed by atoms with E-state index in [2.05, 4.69) is 43.5 Å². The summed E-state index contributed by atoms with van der Waals surface area (Å²) in [5, 5.41) is 1.19. The topological polar surface area (TPSA) is 24.9 Å². The molecule has 0 bridgehead atoms. The molecule has 2 aromatic rings. The fourth-order valence-corrected chi connectivity index (χ4v) is 1.67. The molecular weight excluding hydrogens is 275 g/mol. The first kappa shape index (κ1) is 8.90. The van der Waals surface area contributed by atoms with Crippen LogP contribution in [0.25, 0.3) is 10.9 Å². The summed E-state index contributed by atoms with van der Waals surface area (Å²) in [6.07, 6.45) is 0. The van der Waals surface area contributed by atoms with E-state index in [0.717, 1.165) is 17.8 Å². The molecule has 0 aliphatic rings. The molecule has 1 aromatic heterocycles. The number of para-hydroxylation sites is 1. The van der Waals surface area contributed by atoms with Crippen LogP contribution in [-0.4, -0.2) is 4.98 Å². The van der Waals surface area contributed by atoms with Crippen molar-refractivity contribution in [3.63, 3.8) is 0 Å². The predicted molar refractivity (Wildman–Crippen MR) is 62.6 cm³/mol. The maximum atomic E-state index is 4.50. The summed E-state index contributed by atoms with van der Waals surface area (Å²) in [5.41, 5.74) is 2.14. The van der Waals surface area contributed by atoms with Crippen LogP contribution in [0, 0.1) is 0 Å². The molecule has 0 radical (unpaired) electrons. The van der Waals surface area contributed by atoms with Crippen LogP contribution in [0.5, 0.6) is 0 Å². The van der Waals surface area contributed by atoms with Crippen LogP contribution in [-0.2, 0) is 6.54 Å². The molecule has 2 rings (SSSR count). The molecule has 66 valence electrons. The fraction of sp³-hybridized carbons (Fsp3) is 0.100. The number of halogens is 1. The number of rotatable bonds is 2. The van der Waals surface area contributed by atoms with Crippen molar-refractivity contribution in [2.24, 2.45) is 0 Å². The first-order valence-electron chi connectivity index (χ1n) is 4.08. The number of benzene rings is 1. The van der Waals surface area contributed by atoms with Crippen LogP contribution in [0.4, 0.5) is 0 Å². The summed E-state index contributed by atoms with van der Waals surface area (Å²) in [6.45, 7) is 0.811. The summed E-state index contributed by atoms with van der Waals surface area (Å²) in [6, 6.07) is 12.3. The lowest BCUT2D eigenvalue weighted by Crippen LogP contribution is -1.99. The van der Waals surface area contributed by atoms with Gasteiger partial charge in [0.2, 0.25) is 0 Å². The van der Waals surface area contributed by atoms with Gasteiger partial charge in [0.25, 0.3) is 0 Å². The molecule has 0 amide bonds. The molecule has 0 aliphatic carbocycles. The Morgan fingerprint density at radius 3 is 2.85 bits per heavy atom. The third kappa shape index (κ3) is 1.97. The lowest BCUT2D eigenvalue weighted by atomic mass is 10.2. The van der Waals surface area contributed by atoms with Crippen molar-refractivity contribution in [2.45, 2.75) is 6.54 Å². The van der Waals surface area contributed by atoms with Gasteiger partial charge in [0.15, 0.2) is 0 Å². The van der Waals surface area contributed by atoms with Crippen molar-refractivity contribution >= 4 is 33.8 Å². The molecule has 0 atom stereocenters.